The van der Waals surface area contributed by atoms with Gasteiger partial charge in [-0.2, -0.15) is 0 Å². The molecule has 1 atom stereocenters. The summed E-state index contributed by atoms with van der Waals surface area (Å²) in [7, 11) is 1.63. The van der Waals surface area contributed by atoms with E-state index in [1.807, 2.05) is 30.3 Å². The molecule has 0 spiro atoms. The zero-order valence-electron chi connectivity index (χ0n) is 11.2. The molecule has 19 heavy (non-hydrogen) atoms. The summed E-state index contributed by atoms with van der Waals surface area (Å²) in [5, 5.41) is 2.62. The minimum atomic E-state index is -0.365. The van der Waals surface area contributed by atoms with Crippen molar-refractivity contribution in [3.05, 3.63) is 30.3 Å². The SMILES string of the molecule is CNC(=O)C1CN(CCOc2ccccc2)CCO1. The molecule has 1 fully saturated rings. The Balaban J connectivity index is 1.72. The lowest BCUT2D eigenvalue weighted by Crippen LogP contribution is -2.50. The highest BCUT2D eigenvalue weighted by molar-refractivity contribution is 5.80. The molecule has 5 nitrogen and oxygen atoms in total. The van der Waals surface area contributed by atoms with E-state index in [0.29, 0.717) is 19.8 Å². The van der Waals surface area contributed by atoms with Gasteiger partial charge in [-0.05, 0) is 12.1 Å². The number of carbonyl (C=O) groups excluding carboxylic acids is 1. The second-order valence-corrected chi connectivity index (χ2v) is 4.44. The van der Waals surface area contributed by atoms with Crippen LogP contribution < -0.4 is 10.1 Å². The van der Waals surface area contributed by atoms with Gasteiger partial charge in [-0.15, -0.1) is 0 Å². The van der Waals surface area contributed by atoms with Gasteiger partial charge in [-0.3, -0.25) is 9.69 Å². The monoisotopic (exact) mass is 264 g/mol. The van der Waals surface area contributed by atoms with Crippen LogP contribution in [-0.2, 0) is 9.53 Å². The van der Waals surface area contributed by atoms with Crippen molar-refractivity contribution < 1.29 is 14.3 Å². The van der Waals surface area contributed by atoms with E-state index < -0.39 is 0 Å². The third-order valence-corrected chi connectivity index (χ3v) is 3.11. The first-order valence-electron chi connectivity index (χ1n) is 6.53. The lowest BCUT2D eigenvalue weighted by Gasteiger charge is -2.31. The third-order valence-electron chi connectivity index (χ3n) is 3.11. The molecule has 1 N–H and O–H groups in total. The van der Waals surface area contributed by atoms with Crippen molar-refractivity contribution in [3.63, 3.8) is 0 Å². The van der Waals surface area contributed by atoms with Crippen LogP contribution in [0.3, 0.4) is 0 Å². The maximum Gasteiger partial charge on any atom is 0.250 e. The molecule has 1 aromatic carbocycles. The molecule has 1 saturated heterocycles. The minimum absolute atomic E-state index is 0.0614. The van der Waals surface area contributed by atoms with E-state index in [0.717, 1.165) is 18.8 Å². The molecule has 0 aromatic heterocycles. The fourth-order valence-corrected chi connectivity index (χ4v) is 2.03. The van der Waals surface area contributed by atoms with Crippen molar-refractivity contribution in [1.82, 2.24) is 10.2 Å². The van der Waals surface area contributed by atoms with E-state index in [1.54, 1.807) is 7.05 Å². The van der Waals surface area contributed by atoms with Crippen LogP contribution in [0.15, 0.2) is 30.3 Å². The number of nitrogens with zero attached hydrogens (tertiary/aromatic N) is 1. The number of carbonyl (C=O) groups is 1. The molecule has 2 rings (SSSR count). The number of para-hydroxylation sites is 1. The summed E-state index contributed by atoms with van der Waals surface area (Å²) in [6.07, 6.45) is -0.365. The van der Waals surface area contributed by atoms with Crippen LogP contribution in [0.2, 0.25) is 0 Å². The summed E-state index contributed by atoms with van der Waals surface area (Å²) in [6.45, 7) is 3.46. The largest absolute Gasteiger partial charge is 0.492 e. The molecule has 5 heteroatoms. The van der Waals surface area contributed by atoms with Crippen molar-refractivity contribution in [2.75, 3.05) is 39.9 Å². The lowest BCUT2D eigenvalue weighted by atomic mass is 10.2. The Morgan fingerprint density at radius 3 is 3.00 bits per heavy atom. The standard InChI is InChI=1S/C14H20N2O3/c1-15-14(17)13-11-16(8-10-19-13)7-9-18-12-5-3-2-4-6-12/h2-6,13H,7-11H2,1H3,(H,15,17). The molecule has 0 bridgehead atoms. The highest BCUT2D eigenvalue weighted by Crippen LogP contribution is 2.09. The first-order valence-corrected chi connectivity index (χ1v) is 6.53. The van der Waals surface area contributed by atoms with Crippen molar-refractivity contribution in [2.24, 2.45) is 0 Å². The Hall–Kier alpha value is -1.59. The van der Waals surface area contributed by atoms with Crippen LogP contribution in [0.25, 0.3) is 0 Å². The van der Waals surface area contributed by atoms with Gasteiger partial charge in [0, 0.05) is 26.7 Å². The molecule has 1 unspecified atom stereocenters. The number of amides is 1. The van der Waals surface area contributed by atoms with E-state index in [9.17, 15) is 4.79 Å². The molecule has 1 aliphatic rings. The molecule has 1 aliphatic heterocycles. The van der Waals surface area contributed by atoms with Gasteiger partial charge in [0.2, 0.25) is 5.91 Å². The quantitative estimate of drug-likeness (QED) is 0.842. The predicted molar refractivity (Wildman–Crippen MR) is 72.2 cm³/mol. The first-order chi connectivity index (χ1) is 9.29. The zero-order valence-corrected chi connectivity index (χ0v) is 11.2. The highest BCUT2D eigenvalue weighted by Gasteiger charge is 2.25. The van der Waals surface area contributed by atoms with Gasteiger partial charge in [-0.25, -0.2) is 0 Å². The van der Waals surface area contributed by atoms with E-state index in [2.05, 4.69) is 10.2 Å². The van der Waals surface area contributed by atoms with E-state index >= 15 is 0 Å². The van der Waals surface area contributed by atoms with Gasteiger partial charge in [0.1, 0.15) is 18.5 Å². The summed E-state index contributed by atoms with van der Waals surface area (Å²) < 4.78 is 11.1. The Morgan fingerprint density at radius 2 is 2.26 bits per heavy atom. The van der Waals surface area contributed by atoms with Crippen LogP contribution in [0.4, 0.5) is 0 Å². The first kappa shape index (κ1) is 13.8. The van der Waals surface area contributed by atoms with Gasteiger partial charge in [0.25, 0.3) is 0 Å². The smallest absolute Gasteiger partial charge is 0.250 e. The van der Waals surface area contributed by atoms with Crippen LogP contribution in [0.5, 0.6) is 5.75 Å². The molecular formula is C14H20N2O3. The van der Waals surface area contributed by atoms with Crippen LogP contribution in [-0.4, -0.2) is 56.8 Å². The summed E-state index contributed by atoms with van der Waals surface area (Å²) in [5.41, 5.74) is 0. The minimum Gasteiger partial charge on any atom is -0.492 e. The molecule has 104 valence electrons. The summed E-state index contributed by atoms with van der Waals surface area (Å²) in [4.78, 5) is 13.7. The van der Waals surface area contributed by atoms with E-state index in [1.165, 1.54) is 0 Å². The Morgan fingerprint density at radius 1 is 1.47 bits per heavy atom. The normalized spacial score (nSPS) is 19.9. The second kappa shape index (κ2) is 7.11. The number of hydrogen-bond acceptors (Lipinski definition) is 4. The highest BCUT2D eigenvalue weighted by atomic mass is 16.5. The summed E-state index contributed by atoms with van der Waals surface area (Å²) >= 11 is 0. The number of nitrogens with one attached hydrogen (secondary N) is 1. The molecule has 1 aromatic rings. The molecule has 1 amide bonds. The fourth-order valence-electron chi connectivity index (χ4n) is 2.03. The maximum absolute atomic E-state index is 11.5. The van der Waals surface area contributed by atoms with Crippen LogP contribution in [0, 0.1) is 0 Å². The zero-order chi connectivity index (χ0) is 13.5. The van der Waals surface area contributed by atoms with Gasteiger partial charge in [0.15, 0.2) is 0 Å². The summed E-state index contributed by atoms with van der Waals surface area (Å²) in [5.74, 6) is 0.812. The van der Waals surface area contributed by atoms with Crippen molar-refractivity contribution in [1.29, 1.82) is 0 Å². The Kier molecular flexibility index (Phi) is 5.18. The Bertz CT molecular complexity index is 397. The number of morpholine rings is 1. The molecule has 0 radical (unpaired) electrons. The van der Waals surface area contributed by atoms with Crippen LogP contribution >= 0.6 is 0 Å². The van der Waals surface area contributed by atoms with Crippen molar-refractivity contribution >= 4 is 5.91 Å². The fraction of sp³-hybridized carbons (Fsp3) is 0.500. The number of rotatable bonds is 5. The van der Waals surface area contributed by atoms with Crippen molar-refractivity contribution in [2.45, 2.75) is 6.10 Å². The van der Waals surface area contributed by atoms with Crippen molar-refractivity contribution in [3.8, 4) is 5.75 Å². The molecule has 0 saturated carbocycles. The average Bonchev–Trinajstić information content (AvgIpc) is 2.48. The number of ether oxygens (including phenoxy) is 2. The molecule has 0 aliphatic carbocycles. The van der Waals surface area contributed by atoms with E-state index in [4.69, 9.17) is 9.47 Å². The lowest BCUT2D eigenvalue weighted by molar-refractivity contribution is -0.138. The van der Waals surface area contributed by atoms with Gasteiger partial charge >= 0.3 is 0 Å². The second-order valence-electron chi connectivity index (χ2n) is 4.44. The molecule has 1 heterocycles. The number of likely N-dealkylation sites (N-methyl/N-ethyl adjacent to an activating group) is 1. The van der Waals surface area contributed by atoms with Gasteiger partial charge in [0.05, 0.1) is 6.61 Å². The Labute approximate surface area is 113 Å². The summed E-state index contributed by atoms with van der Waals surface area (Å²) in [6, 6.07) is 9.74. The maximum atomic E-state index is 11.5. The predicted octanol–water partition coefficient (Wildman–Crippen LogP) is 0.512. The van der Waals surface area contributed by atoms with E-state index in [-0.39, 0.29) is 12.0 Å². The van der Waals surface area contributed by atoms with Gasteiger partial charge in [-0.1, -0.05) is 18.2 Å². The van der Waals surface area contributed by atoms with Gasteiger partial charge < -0.3 is 14.8 Å². The molecular weight excluding hydrogens is 244 g/mol. The third kappa shape index (κ3) is 4.22. The topological polar surface area (TPSA) is 50.8 Å². The number of benzene rings is 1. The number of hydrogen-bond donors (Lipinski definition) is 1. The van der Waals surface area contributed by atoms with Crippen LogP contribution in [0.1, 0.15) is 0 Å². The average molecular weight is 264 g/mol.